The number of rotatable bonds is 9. The van der Waals surface area contributed by atoms with Crippen molar-refractivity contribution in [3.63, 3.8) is 0 Å². The van der Waals surface area contributed by atoms with Crippen molar-refractivity contribution in [2.24, 2.45) is 0 Å². The van der Waals surface area contributed by atoms with Crippen LogP contribution in [0.25, 0.3) is 17.2 Å². The first-order chi connectivity index (χ1) is 16.0. The number of aromatic nitrogens is 6. The van der Waals surface area contributed by atoms with E-state index in [2.05, 4.69) is 25.5 Å². The van der Waals surface area contributed by atoms with Gasteiger partial charge in [0.2, 0.25) is 5.91 Å². The number of aryl methyl sites for hydroxylation is 1. The molecule has 3 heterocycles. The van der Waals surface area contributed by atoms with Gasteiger partial charge in [-0.25, -0.2) is 9.97 Å². The van der Waals surface area contributed by atoms with Gasteiger partial charge in [-0.15, -0.1) is 0 Å². The van der Waals surface area contributed by atoms with Crippen LogP contribution in [0, 0.1) is 11.7 Å². The number of aromatic amines is 1. The summed E-state index contributed by atoms with van der Waals surface area (Å²) in [6, 6.07) is 11.5. The lowest BCUT2D eigenvalue weighted by atomic mass is 10.2. The molecule has 0 aliphatic carbocycles. The second kappa shape index (κ2) is 10.2. The first-order valence-corrected chi connectivity index (χ1v) is 11.1. The van der Waals surface area contributed by atoms with Gasteiger partial charge in [0.05, 0.1) is 6.61 Å². The average Bonchev–Trinajstić information content (AvgIpc) is 3.42. The zero-order valence-corrected chi connectivity index (χ0v) is 19.3. The smallest absolute Gasteiger partial charge is 0.222 e. The van der Waals surface area contributed by atoms with Gasteiger partial charge in [0.25, 0.3) is 0 Å². The molecule has 0 unspecified atom stereocenters. The highest BCUT2D eigenvalue weighted by Crippen LogP contribution is 2.21. The van der Waals surface area contributed by atoms with Crippen LogP contribution in [0.3, 0.4) is 0 Å². The van der Waals surface area contributed by atoms with Gasteiger partial charge in [-0.2, -0.15) is 5.10 Å². The molecule has 1 aromatic carbocycles. The Labute approximate surface area is 196 Å². The van der Waals surface area contributed by atoms with Crippen LogP contribution in [0.2, 0.25) is 0 Å². The fraction of sp³-hybridized carbons (Fsp3) is 0.261. The van der Waals surface area contributed by atoms with E-state index < -0.39 is 0 Å². The van der Waals surface area contributed by atoms with Crippen LogP contribution in [-0.2, 0) is 17.9 Å². The van der Waals surface area contributed by atoms with Crippen molar-refractivity contribution >= 4 is 18.1 Å². The summed E-state index contributed by atoms with van der Waals surface area (Å²) < 4.78 is 9.69. The third kappa shape index (κ3) is 5.35. The van der Waals surface area contributed by atoms with Crippen molar-refractivity contribution in [1.29, 1.82) is 0 Å². The van der Waals surface area contributed by atoms with Crippen LogP contribution in [-0.4, -0.2) is 41.8 Å². The van der Waals surface area contributed by atoms with E-state index >= 15 is 0 Å². The third-order valence-corrected chi connectivity index (χ3v) is 5.43. The number of H-pyrrole nitrogens is 1. The van der Waals surface area contributed by atoms with Gasteiger partial charge >= 0.3 is 0 Å². The predicted molar refractivity (Wildman–Crippen MR) is 127 cm³/mol. The lowest BCUT2D eigenvalue weighted by Crippen LogP contribution is -2.24. The number of nitrogens with zero attached hydrogens (tertiary/aromatic N) is 5. The maximum absolute atomic E-state index is 12.5. The number of nitrogens with one attached hydrogen (secondary N) is 2. The summed E-state index contributed by atoms with van der Waals surface area (Å²) in [5, 5.41) is 10.1. The molecule has 1 amide bonds. The minimum atomic E-state index is -0.0760. The number of hydrogen-bond donors (Lipinski definition) is 2. The molecule has 4 aromatic rings. The Kier molecular flexibility index (Phi) is 6.94. The number of hydrogen-bond acceptors (Lipinski definition) is 6. The Morgan fingerprint density at radius 3 is 2.73 bits per heavy atom. The molecule has 0 radical (unpaired) electrons. The molecule has 0 bridgehead atoms. The SMILES string of the molecule is CCOc1ccc(-c2n[nH]c(=S)n2CCC(=O)NCc2ccnc(-n3ccnc3C)c2)cc1. The molecule has 0 spiro atoms. The van der Waals surface area contributed by atoms with Crippen molar-refractivity contribution in [3.8, 4) is 23.0 Å². The molecule has 9 nitrogen and oxygen atoms in total. The maximum Gasteiger partial charge on any atom is 0.222 e. The molecule has 4 rings (SSSR count). The van der Waals surface area contributed by atoms with E-state index in [0.717, 1.165) is 28.5 Å². The Hall–Kier alpha value is -3.79. The molecule has 0 aliphatic heterocycles. The molecule has 0 aliphatic rings. The normalized spacial score (nSPS) is 10.8. The minimum Gasteiger partial charge on any atom is -0.494 e. The largest absolute Gasteiger partial charge is 0.494 e. The van der Waals surface area contributed by atoms with E-state index in [9.17, 15) is 4.79 Å². The molecule has 3 aromatic heterocycles. The van der Waals surface area contributed by atoms with Gasteiger partial charge in [-0.3, -0.25) is 19.0 Å². The summed E-state index contributed by atoms with van der Waals surface area (Å²) in [5.41, 5.74) is 1.85. The van der Waals surface area contributed by atoms with E-state index in [0.29, 0.717) is 30.3 Å². The van der Waals surface area contributed by atoms with Crippen LogP contribution >= 0.6 is 12.2 Å². The van der Waals surface area contributed by atoms with Gasteiger partial charge in [0.1, 0.15) is 17.4 Å². The second-order valence-electron chi connectivity index (χ2n) is 7.35. The highest BCUT2D eigenvalue weighted by Gasteiger charge is 2.11. The average molecular weight is 464 g/mol. The van der Waals surface area contributed by atoms with Crippen LogP contribution in [0.1, 0.15) is 24.7 Å². The van der Waals surface area contributed by atoms with Crippen LogP contribution in [0.5, 0.6) is 5.75 Å². The van der Waals surface area contributed by atoms with E-state index in [1.54, 1.807) is 12.4 Å². The summed E-state index contributed by atoms with van der Waals surface area (Å²) in [5.74, 6) is 3.02. The summed E-state index contributed by atoms with van der Waals surface area (Å²) >= 11 is 5.37. The van der Waals surface area contributed by atoms with E-state index in [1.165, 1.54) is 0 Å². The van der Waals surface area contributed by atoms with Gasteiger partial charge < -0.3 is 10.1 Å². The monoisotopic (exact) mass is 463 g/mol. The molecule has 0 saturated heterocycles. The summed E-state index contributed by atoms with van der Waals surface area (Å²) in [7, 11) is 0. The lowest BCUT2D eigenvalue weighted by Gasteiger charge is -2.10. The summed E-state index contributed by atoms with van der Waals surface area (Å²) in [4.78, 5) is 21.1. The zero-order chi connectivity index (χ0) is 23.2. The Bertz CT molecular complexity index is 1290. The van der Waals surface area contributed by atoms with E-state index in [1.807, 2.05) is 65.6 Å². The van der Waals surface area contributed by atoms with Crippen LogP contribution in [0.15, 0.2) is 55.0 Å². The Morgan fingerprint density at radius 2 is 2.00 bits per heavy atom. The first kappa shape index (κ1) is 22.4. The number of amides is 1. The van der Waals surface area contributed by atoms with Crippen molar-refractivity contribution in [3.05, 3.63) is 71.1 Å². The standard InChI is InChI=1S/C23H25N7O2S/c1-3-32-19-6-4-18(5-7-19)22-27-28-23(33)30(22)12-9-21(31)26-15-17-8-10-25-20(14-17)29-13-11-24-16(29)2/h4-8,10-11,13-14H,3,9,12,15H2,1-2H3,(H,26,31)(H,28,33). The fourth-order valence-electron chi connectivity index (χ4n) is 3.44. The molecule has 2 N–H and O–H groups in total. The van der Waals surface area contributed by atoms with Crippen LogP contribution in [0.4, 0.5) is 0 Å². The molecule has 0 fully saturated rings. The van der Waals surface area contributed by atoms with Crippen LogP contribution < -0.4 is 10.1 Å². The van der Waals surface area contributed by atoms with Crippen molar-refractivity contribution in [2.75, 3.05) is 6.61 Å². The van der Waals surface area contributed by atoms with Gasteiger partial charge in [0, 0.05) is 43.7 Å². The van der Waals surface area contributed by atoms with Gasteiger partial charge in [-0.1, -0.05) is 0 Å². The predicted octanol–water partition coefficient (Wildman–Crippen LogP) is 3.60. The van der Waals surface area contributed by atoms with Crippen molar-refractivity contribution in [2.45, 2.75) is 33.4 Å². The Morgan fingerprint density at radius 1 is 1.18 bits per heavy atom. The molecule has 10 heteroatoms. The minimum absolute atomic E-state index is 0.0760. The number of pyridine rings is 1. The Balaban J connectivity index is 1.37. The lowest BCUT2D eigenvalue weighted by molar-refractivity contribution is -0.121. The molecule has 170 valence electrons. The van der Waals surface area contributed by atoms with Gasteiger partial charge in [0.15, 0.2) is 10.6 Å². The first-order valence-electron chi connectivity index (χ1n) is 10.7. The number of carbonyl (C=O) groups excluding carboxylic acids is 1. The van der Waals surface area contributed by atoms with E-state index in [-0.39, 0.29) is 12.3 Å². The fourth-order valence-corrected chi connectivity index (χ4v) is 3.66. The second-order valence-corrected chi connectivity index (χ2v) is 7.74. The molecular formula is C23H25N7O2S. The molecule has 33 heavy (non-hydrogen) atoms. The zero-order valence-electron chi connectivity index (χ0n) is 18.5. The maximum atomic E-state index is 12.5. The number of imidazole rings is 1. The number of benzene rings is 1. The molecular weight excluding hydrogens is 438 g/mol. The third-order valence-electron chi connectivity index (χ3n) is 5.12. The number of ether oxygens (including phenoxy) is 1. The van der Waals surface area contributed by atoms with Crippen molar-refractivity contribution < 1.29 is 9.53 Å². The van der Waals surface area contributed by atoms with Gasteiger partial charge in [-0.05, 0) is 68.0 Å². The molecule has 0 saturated carbocycles. The molecule has 0 atom stereocenters. The highest BCUT2D eigenvalue weighted by atomic mass is 32.1. The topological polar surface area (TPSA) is 103 Å². The quantitative estimate of drug-likeness (QED) is 0.368. The number of carbonyl (C=O) groups is 1. The van der Waals surface area contributed by atoms with E-state index in [4.69, 9.17) is 17.0 Å². The van der Waals surface area contributed by atoms with Crippen molar-refractivity contribution in [1.82, 2.24) is 34.6 Å². The summed E-state index contributed by atoms with van der Waals surface area (Å²) in [6.45, 7) is 5.29. The summed E-state index contributed by atoms with van der Waals surface area (Å²) in [6.07, 6.45) is 5.59. The highest BCUT2D eigenvalue weighted by molar-refractivity contribution is 7.71.